The lowest BCUT2D eigenvalue weighted by atomic mass is 9.88. The topological polar surface area (TPSA) is 29.1 Å². The molecule has 0 fully saturated rings. The maximum atomic E-state index is 13.9. The van der Waals surface area contributed by atoms with Gasteiger partial charge in [0.2, 0.25) is 0 Å². The Balaban J connectivity index is 1.89. The van der Waals surface area contributed by atoms with E-state index in [1.54, 1.807) is 12.1 Å². The molecule has 0 spiro atoms. The van der Waals surface area contributed by atoms with Gasteiger partial charge in [0.05, 0.1) is 5.69 Å². The molecule has 3 rings (SSSR count). The Bertz CT molecular complexity index is 694. The average molecular weight is 283 g/mol. The summed E-state index contributed by atoms with van der Waals surface area (Å²) in [5, 5.41) is 2.69. The molecule has 0 atom stereocenters. The van der Waals surface area contributed by atoms with Gasteiger partial charge in [0, 0.05) is 5.56 Å². The number of halogens is 1. The zero-order valence-corrected chi connectivity index (χ0v) is 12.1. The van der Waals surface area contributed by atoms with E-state index in [1.165, 1.54) is 18.1 Å². The Morgan fingerprint density at radius 1 is 1.14 bits per heavy atom. The van der Waals surface area contributed by atoms with Crippen LogP contribution < -0.4 is 5.32 Å². The molecule has 0 saturated heterocycles. The first-order chi connectivity index (χ1) is 10.1. The minimum Gasteiger partial charge on any atom is -0.319 e. The van der Waals surface area contributed by atoms with Crippen LogP contribution >= 0.6 is 0 Å². The predicted octanol–water partition coefficient (Wildman–Crippen LogP) is 4.27. The SMILES string of the molecule is Cc1ccc(NC(=O)c2cccc3c2CCCC3)c(F)c1. The molecule has 3 heteroatoms. The maximum Gasteiger partial charge on any atom is 0.256 e. The second-order valence-electron chi connectivity index (χ2n) is 5.59. The molecular weight excluding hydrogens is 265 g/mol. The van der Waals surface area contributed by atoms with Crippen LogP contribution in [0, 0.1) is 12.7 Å². The van der Waals surface area contributed by atoms with E-state index in [9.17, 15) is 9.18 Å². The van der Waals surface area contributed by atoms with E-state index in [2.05, 4.69) is 11.4 Å². The fraction of sp³-hybridized carbons (Fsp3) is 0.278. The Hall–Kier alpha value is -2.16. The van der Waals surface area contributed by atoms with Crippen LogP contribution in [0.25, 0.3) is 0 Å². The number of amides is 1. The van der Waals surface area contributed by atoms with Crippen LogP contribution in [0.15, 0.2) is 36.4 Å². The molecule has 1 aliphatic carbocycles. The van der Waals surface area contributed by atoms with E-state index < -0.39 is 5.82 Å². The smallest absolute Gasteiger partial charge is 0.256 e. The number of benzene rings is 2. The Morgan fingerprint density at radius 2 is 1.95 bits per heavy atom. The van der Waals surface area contributed by atoms with Gasteiger partial charge in [-0.3, -0.25) is 4.79 Å². The molecule has 108 valence electrons. The first kappa shape index (κ1) is 13.8. The van der Waals surface area contributed by atoms with Gasteiger partial charge in [-0.1, -0.05) is 18.2 Å². The summed E-state index contributed by atoms with van der Waals surface area (Å²) in [6, 6.07) is 10.6. The minimum absolute atomic E-state index is 0.225. The van der Waals surface area contributed by atoms with E-state index in [-0.39, 0.29) is 11.6 Å². The van der Waals surface area contributed by atoms with Crippen molar-refractivity contribution in [2.75, 3.05) is 5.32 Å². The highest BCUT2D eigenvalue weighted by atomic mass is 19.1. The largest absolute Gasteiger partial charge is 0.319 e. The van der Waals surface area contributed by atoms with E-state index in [1.807, 2.05) is 19.1 Å². The molecule has 0 unspecified atom stereocenters. The predicted molar refractivity (Wildman–Crippen MR) is 82.2 cm³/mol. The van der Waals surface area contributed by atoms with E-state index >= 15 is 0 Å². The number of nitrogens with one attached hydrogen (secondary N) is 1. The first-order valence-electron chi connectivity index (χ1n) is 7.33. The average Bonchev–Trinajstić information content (AvgIpc) is 2.49. The summed E-state index contributed by atoms with van der Waals surface area (Å²) in [7, 11) is 0. The number of carbonyl (C=O) groups excluding carboxylic acids is 1. The Labute approximate surface area is 124 Å². The summed E-state index contributed by atoms with van der Waals surface area (Å²) in [5.41, 5.74) is 4.11. The molecule has 2 aromatic rings. The Morgan fingerprint density at radius 3 is 2.76 bits per heavy atom. The molecule has 21 heavy (non-hydrogen) atoms. The molecule has 1 amide bonds. The van der Waals surface area contributed by atoms with Gasteiger partial charge in [-0.15, -0.1) is 0 Å². The fourth-order valence-electron chi connectivity index (χ4n) is 2.91. The maximum absolute atomic E-state index is 13.9. The van der Waals surface area contributed by atoms with Crippen LogP contribution in [0.4, 0.5) is 10.1 Å². The third-order valence-electron chi connectivity index (χ3n) is 4.01. The van der Waals surface area contributed by atoms with Crippen molar-refractivity contribution in [1.82, 2.24) is 0 Å². The molecule has 2 aromatic carbocycles. The van der Waals surface area contributed by atoms with E-state index in [0.717, 1.165) is 30.4 Å². The highest BCUT2D eigenvalue weighted by Gasteiger charge is 2.18. The van der Waals surface area contributed by atoms with Gasteiger partial charge in [0.1, 0.15) is 5.82 Å². The molecule has 2 nitrogen and oxygen atoms in total. The fourth-order valence-corrected chi connectivity index (χ4v) is 2.91. The van der Waals surface area contributed by atoms with Crippen molar-refractivity contribution in [1.29, 1.82) is 0 Å². The normalized spacial score (nSPS) is 13.6. The van der Waals surface area contributed by atoms with E-state index in [0.29, 0.717) is 5.56 Å². The summed E-state index contributed by atoms with van der Waals surface area (Å²) < 4.78 is 13.9. The summed E-state index contributed by atoms with van der Waals surface area (Å²) in [6.07, 6.45) is 4.23. The number of hydrogen-bond donors (Lipinski definition) is 1. The van der Waals surface area contributed by atoms with Crippen LogP contribution in [-0.4, -0.2) is 5.91 Å². The Kier molecular flexibility index (Phi) is 3.74. The molecule has 1 aliphatic rings. The quantitative estimate of drug-likeness (QED) is 0.876. The summed E-state index contributed by atoms with van der Waals surface area (Å²) in [6.45, 7) is 1.82. The lowest BCUT2D eigenvalue weighted by Gasteiger charge is -2.19. The van der Waals surface area contributed by atoms with Crippen molar-refractivity contribution in [2.45, 2.75) is 32.6 Å². The second kappa shape index (κ2) is 5.68. The van der Waals surface area contributed by atoms with Crippen molar-refractivity contribution in [3.05, 3.63) is 64.5 Å². The highest BCUT2D eigenvalue weighted by molar-refractivity contribution is 6.05. The van der Waals surface area contributed by atoms with Crippen molar-refractivity contribution in [3.8, 4) is 0 Å². The lowest BCUT2D eigenvalue weighted by Crippen LogP contribution is -2.17. The van der Waals surface area contributed by atoms with Crippen molar-refractivity contribution in [2.24, 2.45) is 0 Å². The zero-order valence-electron chi connectivity index (χ0n) is 12.1. The van der Waals surface area contributed by atoms with Crippen LogP contribution in [0.1, 0.15) is 39.9 Å². The van der Waals surface area contributed by atoms with Crippen LogP contribution in [-0.2, 0) is 12.8 Å². The second-order valence-corrected chi connectivity index (χ2v) is 5.59. The van der Waals surface area contributed by atoms with Crippen LogP contribution in [0.5, 0.6) is 0 Å². The molecule has 0 bridgehead atoms. The van der Waals surface area contributed by atoms with Gasteiger partial charge < -0.3 is 5.32 Å². The number of hydrogen-bond acceptors (Lipinski definition) is 1. The molecule has 0 aromatic heterocycles. The standard InChI is InChI=1S/C18H18FNO/c1-12-9-10-17(16(19)11-12)20-18(21)15-8-4-6-13-5-2-3-7-14(13)15/h4,6,8-11H,2-3,5,7H2,1H3,(H,20,21). The monoisotopic (exact) mass is 283 g/mol. The van der Waals surface area contributed by atoms with Crippen molar-refractivity contribution in [3.63, 3.8) is 0 Å². The molecule has 1 N–H and O–H groups in total. The molecule has 0 aliphatic heterocycles. The lowest BCUT2D eigenvalue weighted by molar-refractivity contribution is 0.102. The minimum atomic E-state index is -0.395. The number of fused-ring (bicyclic) bond motifs is 1. The van der Waals surface area contributed by atoms with Gasteiger partial charge in [-0.2, -0.15) is 0 Å². The van der Waals surface area contributed by atoms with Gasteiger partial charge in [0.25, 0.3) is 5.91 Å². The molecule has 0 saturated carbocycles. The van der Waals surface area contributed by atoms with Gasteiger partial charge >= 0.3 is 0 Å². The first-order valence-corrected chi connectivity index (χ1v) is 7.33. The number of anilines is 1. The van der Waals surface area contributed by atoms with Crippen LogP contribution in [0.2, 0.25) is 0 Å². The van der Waals surface area contributed by atoms with Gasteiger partial charge in [-0.05, 0) is 67.5 Å². The van der Waals surface area contributed by atoms with Gasteiger partial charge in [-0.25, -0.2) is 4.39 Å². The van der Waals surface area contributed by atoms with Crippen molar-refractivity contribution >= 4 is 11.6 Å². The summed E-state index contributed by atoms with van der Waals surface area (Å²) >= 11 is 0. The summed E-state index contributed by atoms with van der Waals surface area (Å²) in [5.74, 6) is -0.621. The summed E-state index contributed by atoms with van der Waals surface area (Å²) in [4.78, 5) is 12.4. The van der Waals surface area contributed by atoms with Gasteiger partial charge in [0.15, 0.2) is 0 Å². The number of aryl methyl sites for hydroxylation is 2. The van der Waals surface area contributed by atoms with Crippen LogP contribution in [0.3, 0.4) is 0 Å². The molecule has 0 radical (unpaired) electrons. The zero-order chi connectivity index (χ0) is 14.8. The van der Waals surface area contributed by atoms with E-state index in [4.69, 9.17) is 0 Å². The molecular formula is C18H18FNO. The van der Waals surface area contributed by atoms with Crippen molar-refractivity contribution < 1.29 is 9.18 Å². The number of carbonyl (C=O) groups is 1. The molecule has 0 heterocycles. The highest BCUT2D eigenvalue weighted by Crippen LogP contribution is 2.25. The third kappa shape index (κ3) is 2.82. The number of rotatable bonds is 2. The third-order valence-corrected chi connectivity index (χ3v) is 4.01.